The van der Waals surface area contributed by atoms with Gasteiger partial charge in [-0.25, -0.2) is 4.79 Å². The van der Waals surface area contributed by atoms with Crippen molar-refractivity contribution in [3.8, 4) is 0 Å². The number of rotatable bonds is 5. The van der Waals surface area contributed by atoms with E-state index in [9.17, 15) is 19.7 Å². The molecule has 1 amide bonds. The Bertz CT molecular complexity index is 790. The first-order valence-electron chi connectivity index (χ1n) is 6.81. The standard InChI is InChI=1S/C16H13IN2O5/c1-24-16(21)11-4-2-10(3-5-11)9-18-15(20)13-8-12(19(22)23)6-7-14(13)17/h2-8H,9H2,1H3,(H,18,20). The van der Waals surface area contributed by atoms with Gasteiger partial charge in [0.1, 0.15) is 0 Å². The Morgan fingerprint density at radius 2 is 1.88 bits per heavy atom. The Morgan fingerprint density at radius 1 is 1.21 bits per heavy atom. The van der Waals surface area contributed by atoms with Crippen LogP contribution in [-0.4, -0.2) is 23.9 Å². The van der Waals surface area contributed by atoms with Crippen LogP contribution in [0, 0.1) is 13.7 Å². The maximum absolute atomic E-state index is 12.2. The third kappa shape index (κ3) is 4.28. The van der Waals surface area contributed by atoms with E-state index in [1.807, 2.05) is 22.6 Å². The maximum atomic E-state index is 12.2. The van der Waals surface area contributed by atoms with Gasteiger partial charge in [0.2, 0.25) is 0 Å². The average Bonchev–Trinajstić information content (AvgIpc) is 2.59. The molecule has 0 aromatic heterocycles. The summed E-state index contributed by atoms with van der Waals surface area (Å²) in [7, 11) is 1.30. The van der Waals surface area contributed by atoms with E-state index in [1.165, 1.54) is 25.3 Å². The highest BCUT2D eigenvalue weighted by molar-refractivity contribution is 14.1. The summed E-state index contributed by atoms with van der Waals surface area (Å²) in [6.07, 6.45) is 0. The molecule has 2 rings (SSSR count). The predicted octanol–water partition coefficient (Wildman–Crippen LogP) is 2.92. The Balaban J connectivity index is 2.07. The molecule has 0 saturated heterocycles. The average molecular weight is 440 g/mol. The van der Waals surface area contributed by atoms with Gasteiger partial charge in [-0.3, -0.25) is 14.9 Å². The summed E-state index contributed by atoms with van der Waals surface area (Å²) in [5.74, 6) is -0.836. The van der Waals surface area contributed by atoms with Gasteiger partial charge in [0.05, 0.1) is 23.2 Å². The van der Waals surface area contributed by atoms with Crippen LogP contribution in [0.5, 0.6) is 0 Å². The van der Waals surface area contributed by atoms with Crippen molar-refractivity contribution in [2.45, 2.75) is 6.54 Å². The zero-order valence-electron chi connectivity index (χ0n) is 12.6. The summed E-state index contributed by atoms with van der Waals surface area (Å²) >= 11 is 1.95. The minimum Gasteiger partial charge on any atom is -0.465 e. The van der Waals surface area contributed by atoms with Crippen LogP contribution in [-0.2, 0) is 11.3 Å². The highest BCUT2D eigenvalue weighted by Gasteiger charge is 2.15. The van der Waals surface area contributed by atoms with Crippen LogP contribution in [0.1, 0.15) is 26.3 Å². The zero-order chi connectivity index (χ0) is 17.7. The van der Waals surface area contributed by atoms with Crippen LogP contribution in [0.15, 0.2) is 42.5 Å². The molecule has 0 aliphatic rings. The number of methoxy groups -OCH3 is 1. The van der Waals surface area contributed by atoms with E-state index in [0.717, 1.165) is 5.56 Å². The third-order valence-electron chi connectivity index (χ3n) is 3.23. The molecule has 0 bridgehead atoms. The Morgan fingerprint density at radius 3 is 2.46 bits per heavy atom. The van der Waals surface area contributed by atoms with Gasteiger partial charge < -0.3 is 10.1 Å². The van der Waals surface area contributed by atoms with Crippen molar-refractivity contribution in [2.24, 2.45) is 0 Å². The Hall–Kier alpha value is -2.49. The van der Waals surface area contributed by atoms with Gasteiger partial charge in [-0.1, -0.05) is 12.1 Å². The molecule has 24 heavy (non-hydrogen) atoms. The molecular formula is C16H13IN2O5. The van der Waals surface area contributed by atoms with Gasteiger partial charge in [0, 0.05) is 22.2 Å². The molecule has 0 spiro atoms. The normalized spacial score (nSPS) is 10.1. The summed E-state index contributed by atoms with van der Waals surface area (Å²) in [5.41, 5.74) is 1.32. The molecule has 7 nitrogen and oxygen atoms in total. The van der Waals surface area contributed by atoms with Crippen molar-refractivity contribution >= 4 is 40.2 Å². The van der Waals surface area contributed by atoms with Crippen molar-refractivity contribution < 1.29 is 19.2 Å². The molecule has 1 N–H and O–H groups in total. The largest absolute Gasteiger partial charge is 0.465 e. The molecule has 2 aromatic carbocycles. The van der Waals surface area contributed by atoms with Gasteiger partial charge in [0.15, 0.2) is 0 Å². The fourth-order valence-electron chi connectivity index (χ4n) is 1.95. The van der Waals surface area contributed by atoms with Crippen molar-refractivity contribution in [3.05, 3.63) is 72.8 Å². The van der Waals surface area contributed by atoms with Crippen molar-refractivity contribution in [3.63, 3.8) is 0 Å². The van der Waals surface area contributed by atoms with Gasteiger partial charge in [-0.2, -0.15) is 0 Å². The quantitative estimate of drug-likeness (QED) is 0.334. The summed E-state index contributed by atoms with van der Waals surface area (Å²) in [6.45, 7) is 0.235. The molecule has 0 radical (unpaired) electrons. The van der Waals surface area contributed by atoms with Crippen molar-refractivity contribution in [1.82, 2.24) is 5.32 Å². The van der Waals surface area contributed by atoms with Crippen LogP contribution in [0.4, 0.5) is 5.69 Å². The van der Waals surface area contributed by atoms with Crippen LogP contribution in [0.25, 0.3) is 0 Å². The van der Waals surface area contributed by atoms with Crippen LogP contribution >= 0.6 is 22.6 Å². The molecule has 2 aromatic rings. The van der Waals surface area contributed by atoms with Gasteiger partial charge in [-0.05, 0) is 46.4 Å². The number of carbonyl (C=O) groups excluding carboxylic acids is 2. The summed E-state index contributed by atoms with van der Waals surface area (Å²) in [4.78, 5) is 33.8. The summed E-state index contributed by atoms with van der Waals surface area (Å²) in [6, 6.07) is 10.7. The van der Waals surface area contributed by atoms with E-state index in [2.05, 4.69) is 10.1 Å². The number of nitro benzene ring substituents is 1. The van der Waals surface area contributed by atoms with E-state index >= 15 is 0 Å². The van der Waals surface area contributed by atoms with Crippen LogP contribution in [0.3, 0.4) is 0 Å². The van der Waals surface area contributed by atoms with E-state index < -0.39 is 16.8 Å². The SMILES string of the molecule is COC(=O)c1ccc(CNC(=O)c2cc([N+](=O)[O-])ccc2I)cc1. The number of hydrogen-bond donors (Lipinski definition) is 1. The van der Waals surface area contributed by atoms with Crippen LogP contribution < -0.4 is 5.32 Å². The highest BCUT2D eigenvalue weighted by atomic mass is 127. The second kappa shape index (κ2) is 7.86. The molecule has 0 atom stereocenters. The number of esters is 1. The number of benzene rings is 2. The number of non-ortho nitro benzene ring substituents is 1. The number of carbonyl (C=O) groups is 2. The highest BCUT2D eigenvalue weighted by Crippen LogP contribution is 2.19. The summed E-state index contributed by atoms with van der Waals surface area (Å²) < 4.78 is 5.23. The number of halogens is 1. The lowest BCUT2D eigenvalue weighted by molar-refractivity contribution is -0.384. The molecule has 124 valence electrons. The van der Waals surface area contributed by atoms with E-state index in [1.54, 1.807) is 24.3 Å². The third-order valence-corrected chi connectivity index (χ3v) is 4.17. The summed E-state index contributed by atoms with van der Waals surface area (Å²) in [5, 5.41) is 13.5. The fraction of sp³-hybridized carbons (Fsp3) is 0.125. The molecule has 0 aliphatic carbocycles. The number of hydrogen-bond acceptors (Lipinski definition) is 5. The van der Waals surface area contributed by atoms with E-state index in [-0.39, 0.29) is 17.8 Å². The molecule has 0 saturated carbocycles. The van der Waals surface area contributed by atoms with Gasteiger partial charge >= 0.3 is 5.97 Å². The monoisotopic (exact) mass is 440 g/mol. The number of amides is 1. The van der Waals surface area contributed by atoms with E-state index in [4.69, 9.17) is 0 Å². The fourth-order valence-corrected chi connectivity index (χ4v) is 2.54. The first-order chi connectivity index (χ1) is 11.4. The van der Waals surface area contributed by atoms with Crippen molar-refractivity contribution in [2.75, 3.05) is 7.11 Å². The molecular weight excluding hydrogens is 427 g/mol. The number of nitrogens with zero attached hydrogens (tertiary/aromatic N) is 1. The molecule has 0 unspecified atom stereocenters. The topological polar surface area (TPSA) is 98.5 Å². The number of nitro groups is 1. The first kappa shape index (κ1) is 17.9. The lowest BCUT2D eigenvalue weighted by atomic mass is 10.1. The predicted molar refractivity (Wildman–Crippen MR) is 94.8 cm³/mol. The number of ether oxygens (including phenoxy) is 1. The zero-order valence-corrected chi connectivity index (χ0v) is 14.8. The molecule has 0 fully saturated rings. The Kier molecular flexibility index (Phi) is 5.85. The molecule has 8 heteroatoms. The van der Waals surface area contributed by atoms with Crippen LogP contribution in [0.2, 0.25) is 0 Å². The second-order valence-corrected chi connectivity index (χ2v) is 5.95. The van der Waals surface area contributed by atoms with Crippen molar-refractivity contribution in [1.29, 1.82) is 0 Å². The first-order valence-corrected chi connectivity index (χ1v) is 7.89. The van der Waals surface area contributed by atoms with Gasteiger partial charge in [-0.15, -0.1) is 0 Å². The second-order valence-electron chi connectivity index (χ2n) is 4.79. The molecule has 0 aliphatic heterocycles. The Labute approximate surface area is 151 Å². The molecule has 0 heterocycles. The maximum Gasteiger partial charge on any atom is 0.337 e. The lowest BCUT2D eigenvalue weighted by Crippen LogP contribution is -2.23. The minimum atomic E-state index is -0.543. The van der Waals surface area contributed by atoms with Gasteiger partial charge in [0.25, 0.3) is 11.6 Å². The smallest absolute Gasteiger partial charge is 0.337 e. The minimum absolute atomic E-state index is 0.136. The lowest BCUT2D eigenvalue weighted by Gasteiger charge is -2.08. The number of nitrogens with one attached hydrogen (secondary N) is 1. The van der Waals surface area contributed by atoms with E-state index in [0.29, 0.717) is 9.13 Å².